The minimum Gasteiger partial charge on any atom is -0.352 e. The summed E-state index contributed by atoms with van der Waals surface area (Å²) in [5.74, 6) is -0.155. The molecule has 2 rings (SSSR count). The van der Waals surface area contributed by atoms with Crippen LogP contribution in [-0.2, 0) is 0 Å². The molecule has 0 saturated carbocycles. The lowest BCUT2D eigenvalue weighted by Gasteiger charge is -2.14. The van der Waals surface area contributed by atoms with Crippen LogP contribution in [0.15, 0.2) is 17.7 Å². The smallest absolute Gasteiger partial charge is 0.253 e. The normalized spacial score (nSPS) is 15.3. The van der Waals surface area contributed by atoms with E-state index >= 15 is 0 Å². The monoisotopic (exact) mass is 304 g/mol. The highest BCUT2D eigenvalue weighted by Gasteiger charge is 2.13. The number of carbonyl (C=O) groups is 1. The Labute approximate surface area is 120 Å². The first-order chi connectivity index (χ1) is 8.66. The Hall–Kier alpha value is -0.550. The molecule has 18 heavy (non-hydrogen) atoms. The predicted octanol–water partition coefficient (Wildman–Crippen LogP) is 3.09. The second kappa shape index (κ2) is 6.57. The number of halogens is 2. The van der Waals surface area contributed by atoms with E-state index in [1.165, 1.54) is 16.9 Å². The maximum Gasteiger partial charge on any atom is 0.253 e. The average molecular weight is 305 g/mol. The van der Waals surface area contributed by atoms with Gasteiger partial charge in [0.05, 0.1) is 9.90 Å². The number of nitrogens with one attached hydrogen (secondary N) is 2. The molecule has 0 aromatic carbocycles. The fraction of sp³-hybridized carbons (Fsp3) is 0.417. The van der Waals surface area contributed by atoms with Crippen molar-refractivity contribution in [2.45, 2.75) is 12.8 Å². The van der Waals surface area contributed by atoms with Gasteiger partial charge in [-0.25, -0.2) is 0 Å². The number of thiophene rings is 1. The van der Waals surface area contributed by atoms with E-state index in [1.807, 2.05) is 0 Å². The third kappa shape index (κ3) is 3.72. The molecule has 1 aromatic rings. The van der Waals surface area contributed by atoms with Crippen molar-refractivity contribution < 1.29 is 4.79 Å². The van der Waals surface area contributed by atoms with E-state index in [1.54, 1.807) is 6.07 Å². The number of hydrogen-bond acceptors (Lipinski definition) is 3. The van der Waals surface area contributed by atoms with Crippen molar-refractivity contribution in [3.8, 4) is 0 Å². The highest BCUT2D eigenvalue weighted by Crippen LogP contribution is 2.30. The van der Waals surface area contributed by atoms with E-state index in [0.717, 1.165) is 25.9 Å². The Balaban J connectivity index is 1.81. The summed E-state index contributed by atoms with van der Waals surface area (Å²) >= 11 is 12.9. The molecule has 0 atom stereocenters. The van der Waals surface area contributed by atoms with Gasteiger partial charge in [-0.1, -0.05) is 34.9 Å². The molecular formula is C12H14Cl2N2OS. The molecule has 0 unspecified atom stereocenters. The van der Waals surface area contributed by atoms with Gasteiger partial charge in [-0.3, -0.25) is 4.79 Å². The van der Waals surface area contributed by atoms with Gasteiger partial charge in [-0.2, -0.15) is 0 Å². The summed E-state index contributed by atoms with van der Waals surface area (Å²) in [6.45, 7) is 2.58. The second-order valence-electron chi connectivity index (χ2n) is 4.06. The molecular weight excluding hydrogens is 291 g/mol. The molecule has 98 valence electrons. The summed E-state index contributed by atoms with van der Waals surface area (Å²) in [6.07, 6.45) is 4.13. The molecule has 0 fully saturated rings. The molecule has 1 aliphatic rings. The Morgan fingerprint density at radius 2 is 2.33 bits per heavy atom. The predicted molar refractivity (Wildman–Crippen MR) is 76.9 cm³/mol. The van der Waals surface area contributed by atoms with Crippen LogP contribution in [0.5, 0.6) is 0 Å². The lowest BCUT2D eigenvalue weighted by Crippen LogP contribution is -2.26. The summed E-state index contributed by atoms with van der Waals surface area (Å²) in [5, 5.41) is 6.12. The van der Waals surface area contributed by atoms with Crippen LogP contribution in [0.4, 0.5) is 0 Å². The van der Waals surface area contributed by atoms with Crippen LogP contribution in [0.3, 0.4) is 0 Å². The zero-order valence-corrected chi connectivity index (χ0v) is 12.1. The van der Waals surface area contributed by atoms with Gasteiger partial charge in [-0.15, -0.1) is 11.3 Å². The Kier molecular flexibility index (Phi) is 5.06. The van der Waals surface area contributed by atoms with Crippen LogP contribution in [0.1, 0.15) is 23.2 Å². The molecule has 2 heterocycles. The van der Waals surface area contributed by atoms with Crippen LogP contribution < -0.4 is 10.6 Å². The summed E-state index contributed by atoms with van der Waals surface area (Å²) in [7, 11) is 0. The van der Waals surface area contributed by atoms with Crippen molar-refractivity contribution >= 4 is 40.4 Å². The van der Waals surface area contributed by atoms with Crippen LogP contribution >= 0.6 is 34.5 Å². The highest BCUT2D eigenvalue weighted by molar-refractivity contribution is 7.20. The van der Waals surface area contributed by atoms with Crippen LogP contribution in [-0.4, -0.2) is 25.5 Å². The van der Waals surface area contributed by atoms with Crippen LogP contribution in [0.25, 0.3) is 0 Å². The zero-order chi connectivity index (χ0) is 13.0. The molecule has 0 bridgehead atoms. The molecule has 0 saturated heterocycles. The van der Waals surface area contributed by atoms with Crippen molar-refractivity contribution in [2.75, 3.05) is 19.6 Å². The second-order valence-corrected chi connectivity index (χ2v) is 6.35. The minimum absolute atomic E-state index is 0.155. The van der Waals surface area contributed by atoms with Crippen LogP contribution in [0, 0.1) is 0 Å². The lowest BCUT2D eigenvalue weighted by atomic mass is 10.1. The maximum atomic E-state index is 11.8. The lowest BCUT2D eigenvalue weighted by molar-refractivity contribution is 0.0954. The molecule has 3 nitrogen and oxygen atoms in total. The third-order valence-corrected chi connectivity index (χ3v) is 4.28. The van der Waals surface area contributed by atoms with E-state index in [4.69, 9.17) is 23.2 Å². The Morgan fingerprint density at radius 1 is 1.50 bits per heavy atom. The standard InChI is InChI=1S/C12H14Cl2N2OS/c13-10-7-9(11(14)18-10)12(17)16-6-3-8-1-4-15-5-2-8/h1,7,15H,2-6H2,(H,16,17). The van der Waals surface area contributed by atoms with E-state index in [9.17, 15) is 4.79 Å². The Morgan fingerprint density at radius 3 is 2.94 bits per heavy atom. The third-order valence-electron chi connectivity index (χ3n) is 2.79. The summed E-state index contributed by atoms with van der Waals surface area (Å²) < 4.78 is 0.977. The quantitative estimate of drug-likeness (QED) is 0.839. The highest BCUT2D eigenvalue weighted by atomic mass is 35.5. The van der Waals surface area contributed by atoms with Crippen LogP contribution in [0.2, 0.25) is 8.67 Å². The first-order valence-corrected chi connectivity index (χ1v) is 7.35. The van der Waals surface area contributed by atoms with Crippen molar-refractivity contribution in [2.24, 2.45) is 0 Å². The van der Waals surface area contributed by atoms with Gasteiger partial charge in [0.15, 0.2) is 0 Å². The van der Waals surface area contributed by atoms with Crippen molar-refractivity contribution in [3.63, 3.8) is 0 Å². The number of hydrogen-bond donors (Lipinski definition) is 2. The number of amides is 1. The molecule has 1 aliphatic heterocycles. The van der Waals surface area contributed by atoms with E-state index in [2.05, 4.69) is 16.7 Å². The van der Waals surface area contributed by atoms with Gasteiger partial charge in [0.25, 0.3) is 5.91 Å². The van der Waals surface area contributed by atoms with E-state index < -0.39 is 0 Å². The topological polar surface area (TPSA) is 41.1 Å². The number of rotatable bonds is 4. The molecule has 2 N–H and O–H groups in total. The van der Waals surface area contributed by atoms with E-state index in [-0.39, 0.29) is 5.91 Å². The van der Waals surface area contributed by atoms with Gasteiger partial charge in [0.1, 0.15) is 4.34 Å². The zero-order valence-electron chi connectivity index (χ0n) is 9.76. The minimum atomic E-state index is -0.155. The van der Waals surface area contributed by atoms with Gasteiger partial charge in [0, 0.05) is 13.1 Å². The molecule has 0 aliphatic carbocycles. The molecule has 0 spiro atoms. The number of carbonyl (C=O) groups excluding carboxylic acids is 1. The molecule has 0 radical (unpaired) electrons. The molecule has 1 amide bonds. The Bertz CT molecular complexity index is 471. The van der Waals surface area contributed by atoms with Gasteiger partial charge < -0.3 is 10.6 Å². The summed E-state index contributed by atoms with van der Waals surface area (Å²) in [5.41, 5.74) is 1.86. The van der Waals surface area contributed by atoms with Gasteiger partial charge >= 0.3 is 0 Å². The van der Waals surface area contributed by atoms with Crippen molar-refractivity contribution in [1.29, 1.82) is 0 Å². The molecule has 1 aromatic heterocycles. The van der Waals surface area contributed by atoms with Gasteiger partial charge in [-0.05, 0) is 25.5 Å². The summed E-state index contributed by atoms with van der Waals surface area (Å²) in [6, 6.07) is 1.60. The summed E-state index contributed by atoms with van der Waals surface area (Å²) in [4.78, 5) is 11.8. The molecule has 6 heteroatoms. The van der Waals surface area contributed by atoms with Gasteiger partial charge in [0.2, 0.25) is 0 Å². The first kappa shape index (κ1) is 13.9. The average Bonchev–Trinajstić information content (AvgIpc) is 2.70. The van der Waals surface area contributed by atoms with Crippen molar-refractivity contribution in [3.05, 3.63) is 32.0 Å². The SMILES string of the molecule is O=C(NCCC1=CCNCC1)c1cc(Cl)sc1Cl. The fourth-order valence-corrected chi connectivity index (χ4v) is 3.28. The fourth-order valence-electron chi connectivity index (χ4n) is 1.82. The first-order valence-electron chi connectivity index (χ1n) is 5.78. The largest absolute Gasteiger partial charge is 0.352 e. The maximum absolute atomic E-state index is 11.8. The van der Waals surface area contributed by atoms with Crippen molar-refractivity contribution in [1.82, 2.24) is 10.6 Å². The van der Waals surface area contributed by atoms with E-state index in [0.29, 0.717) is 20.8 Å².